The van der Waals surface area contributed by atoms with Gasteiger partial charge in [-0.25, -0.2) is 4.79 Å². The van der Waals surface area contributed by atoms with Crippen molar-refractivity contribution in [3.63, 3.8) is 0 Å². The third-order valence-electron chi connectivity index (χ3n) is 6.23. The van der Waals surface area contributed by atoms with Crippen molar-refractivity contribution in [1.29, 1.82) is 0 Å². The zero-order valence-corrected chi connectivity index (χ0v) is 19.8. The average molecular weight is 488 g/mol. The van der Waals surface area contributed by atoms with Crippen molar-refractivity contribution in [2.24, 2.45) is 0 Å². The predicted molar refractivity (Wildman–Crippen MR) is 127 cm³/mol. The van der Waals surface area contributed by atoms with Crippen LogP contribution in [0.1, 0.15) is 38.7 Å². The summed E-state index contributed by atoms with van der Waals surface area (Å²) in [5.74, 6) is -1.94. The van der Waals surface area contributed by atoms with Crippen LogP contribution in [0.2, 0.25) is 0 Å². The fourth-order valence-electron chi connectivity index (χ4n) is 4.43. The van der Waals surface area contributed by atoms with E-state index in [4.69, 9.17) is 4.74 Å². The zero-order valence-electron chi connectivity index (χ0n) is 19.8. The molecule has 0 radical (unpaired) electrons. The maximum Gasteiger partial charge on any atom is 0.449 e. The molecule has 0 saturated carbocycles. The van der Waals surface area contributed by atoms with Gasteiger partial charge in [-0.15, -0.1) is 0 Å². The second-order valence-corrected chi connectivity index (χ2v) is 8.51. The number of likely N-dealkylation sites (N-methyl/N-ethyl adjacent to an activating group) is 2. The van der Waals surface area contributed by atoms with Crippen LogP contribution in [0, 0.1) is 0 Å². The lowest BCUT2D eigenvalue weighted by molar-refractivity contribution is -0.125. The Morgan fingerprint density at radius 1 is 0.914 bits per heavy atom. The summed E-state index contributed by atoms with van der Waals surface area (Å²) < 4.78 is 45.9. The van der Waals surface area contributed by atoms with Gasteiger partial charge in [0.2, 0.25) is 5.76 Å². The fraction of sp³-hybridized carbons (Fsp3) is 0.385. The molecular formula is C26H28F3N3O3. The number of rotatable bonds is 5. The lowest BCUT2D eigenvalue weighted by Crippen LogP contribution is -2.32. The van der Waals surface area contributed by atoms with Gasteiger partial charge in [-0.05, 0) is 69.0 Å². The van der Waals surface area contributed by atoms with Crippen LogP contribution in [-0.4, -0.2) is 54.1 Å². The van der Waals surface area contributed by atoms with Crippen LogP contribution in [0.3, 0.4) is 0 Å². The lowest BCUT2D eigenvalue weighted by atomic mass is 10.1. The van der Waals surface area contributed by atoms with Crippen LogP contribution in [0.15, 0.2) is 65.3 Å². The van der Waals surface area contributed by atoms with Gasteiger partial charge in [-0.1, -0.05) is 18.2 Å². The molecule has 0 spiro atoms. The van der Waals surface area contributed by atoms with Crippen molar-refractivity contribution in [3.8, 4) is 0 Å². The van der Waals surface area contributed by atoms with Gasteiger partial charge < -0.3 is 9.64 Å². The summed E-state index contributed by atoms with van der Waals surface area (Å²) in [5, 5.41) is 0. The zero-order chi connectivity index (χ0) is 25.2. The first-order valence-corrected chi connectivity index (χ1v) is 11.8. The maximum absolute atomic E-state index is 13.6. The van der Waals surface area contributed by atoms with Crippen molar-refractivity contribution in [2.75, 3.05) is 31.1 Å². The summed E-state index contributed by atoms with van der Waals surface area (Å²) in [6.07, 6.45) is 4.03. The highest BCUT2D eigenvalue weighted by Gasteiger charge is 2.43. The molecule has 3 aliphatic rings. The van der Waals surface area contributed by atoms with E-state index in [1.54, 1.807) is 19.9 Å². The first-order chi connectivity index (χ1) is 16.7. The number of anilines is 1. The molecule has 1 aromatic carbocycles. The number of carbonyl (C=O) groups is 2. The molecule has 0 aliphatic carbocycles. The number of nitrogens with zero attached hydrogens (tertiary/aromatic N) is 3. The Hall–Kier alpha value is -3.49. The number of amides is 3. The second kappa shape index (κ2) is 10.0. The molecule has 1 aromatic rings. The third kappa shape index (κ3) is 5.13. The predicted octanol–water partition coefficient (Wildman–Crippen LogP) is 5.61. The van der Waals surface area contributed by atoms with Gasteiger partial charge in [0.25, 0.3) is 5.91 Å². The van der Waals surface area contributed by atoms with Gasteiger partial charge in [0.15, 0.2) is 0 Å². The molecule has 4 rings (SSSR count). The molecule has 3 amide bonds. The molecule has 3 aliphatic heterocycles. The Kier molecular flexibility index (Phi) is 7.05. The summed E-state index contributed by atoms with van der Waals surface area (Å²) in [6.45, 7) is 5.62. The Morgan fingerprint density at radius 2 is 1.57 bits per heavy atom. The molecule has 0 bridgehead atoms. The van der Waals surface area contributed by atoms with Crippen LogP contribution in [0.5, 0.6) is 0 Å². The van der Waals surface area contributed by atoms with E-state index in [1.807, 2.05) is 24.3 Å². The number of urea groups is 1. The molecule has 3 heterocycles. The molecular weight excluding hydrogens is 459 g/mol. The van der Waals surface area contributed by atoms with Gasteiger partial charge in [0, 0.05) is 37.4 Å². The minimum Gasteiger partial charge on any atom is -0.452 e. The molecule has 2 saturated heterocycles. The quantitative estimate of drug-likeness (QED) is 0.400. The smallest absolute Gasteiger partial charge is 0.449 e. The summed E-state index contributed by atoms with van der Waals surface area (Å²) in [7, 11) is 0. The fourth-order valence-corrected chi connectivity index (χ4v) is 4.43. The summed E-state index contributed by atoms with van der Waals surface area (Å²) in [6, 6.07) is 7.25. The van der Waals surface area contributed by atoms with Crippen LogP contribution in [0.4, 0.5) is 23.7 Å². The summed E-state index contributed by atoms with van der Waals surface area (Å²) >= 11 is 0. The van der Waals surface area contributed by atoms with Crippen LogP contribution < -0.4 is 4.90 Å². The van der Waals surface area contributed by atoms with E-state index in [2.05, 4.69) is 4.90 Å². The van der Waals surface area contributed by atoms with Gasteiger partial charge in [0.1, 0.15) is 11.5 Å². The van der Waals surface area contributed by atoms with Gasteiger partial charge >= 0.3 is 12.2 Å². The normalized spacial score (nSPS) is 21.6. The van der Waals surface area contributed by atoms with Gasteiger partial charge in [-0.2, -0.15) is 13.2 Å². The monoisotopic (exact) mass is 487 g/mol. The van der Waals surface area contributed by atoms with Gasteiger partial charge in [-0.3, -0.25) is 14.6 Å². The molecule has 0 aromatic heterocycles. The number of benzene rings is 1. The van der Waals surface area contributed by atoms with E-state index >= 15 is 0 Å². The molecule has 2 fully saturated rings. The maximum atomic E-state index is 13.6. The highest BCUT2D eigenvalue weighted by atomic mass is 19.4. The van der Waals surface area contributed by atoms with E-state index in [-0.39, 0.29) is 30.1 Å². The molecule has 0 N–H and O–H groups in total. The Morgan fingerprint density at radius 3 is 2.17 bits per heavy atom. The number of imide groups is 1. The number of carbonyl (C=O) groups excluding carboxylic acids is 2. The topological polar surface area (TPSA) is 53.1 Å². The number of hydrogen-bond acceptors (Lipinski definition) is 4. The number of alkyl halides is 3. The molecule has 186 valence electrons. The van der Waals surface area contributed by atoms with E-state index in [0.29, 0.717) is 0 Å². The Bertz CT molecular complexity index is 1110. The van der Waals surface area contributed by atoms with Crippen LogP contribution in [0.25, 0.3) is 6.08 Å². The van der Waals surface area contributed by atoms with Crippen molar-refractivity contribution in [3.05, 3.63) is 70.8 Å². The van der Waals surface area contributed by atoms with E-state index < -0.39 is 23.9 Å². The number of halogens is 3. The standard InChI is InChI=1S/C26H28F3N3O3/c1-3-31-23(24(33)32(4-2)25(31)34)19-16-21(35-22(17-19)26(27,28)29)13-10-18-8-11-20(12-9-18)30-14-6-5-7-15-30/h8-13,16-17H,3-7,14-15H2,1-2H3/b13-10?,23-19+. The van der Waals surface area contributed by atoms with Gasteiger partial charge in [0.05, 0.1) is 0 Å². The number of piperidine rings is 1. The minimum absolute atomic E-state index is 0.0141. The lowest BCUT2D eigenvalue weighted by Gasteiger charge is -2.28. The molecule has 35 heavy (non-hydrogen) atoms. The SMILES string of the molecule is CCN1C(=O)/C(=C2/C=C(C=Cc3ccc(N4CCCCC4)cc3)OC(C(F)(F)F)=C2)N(CC)C1=O. The van der Waals surface area contributed by atoms with E-state index in [1.165, 1.54) is 36.3 Å². The first-order valence-electron chi connectivity index (χ1n) is 11.8. The second-order valence-electron chi connectivity index (χ2n) is 8.51. The average Bonchev–Trinajstić information content (AvgIpc) is 3.11. The third-order valence-corrected chi connectivity index (χ3v) is 6.23. The molecule has 0 atom stereocenters. The van der Waals surface area contributed by atoms with Crippen LogP contribution in [-0.2, 0) is 9.53 Å². The number of hydrogen-bond donors (Lipinski definition) is 0. The minimum atomic E-state index is -4.76. The highest BCUT2D eigenvalue weighted by molar-refractivity contribution is 6.12. The summed E-state index contributed by atoms with van der Waals surface area (Å²) in [5.41, 5.74) is 1.82. The highest BCUT2D eigenvalue weighted by Crippen LogP contribution is 2.36. The van der Waals surface area contributed by atoms with Crippen molar-refractivity contribution < 1.29 is 27.5 Å². The molecule has 9 heteroatoms. The van der Waals surface area contributed by atoms with Crippen LogP contribution >= 0.6 is 0 Å². The summed E-state index contributed by atoms with van der Waals surface area (Å²) in [4.78, 5) is 29.9. The van der Waals surface area contributed by atoms with E-state index in [0.717, 1.165) is 35.3 Å². The molecule has 0 unspecified atom stereocenters. The molecule has 6 nitrogen and oxygen atoms in total. The largest absolute Gasteiger partial charge is 0.452 e. The Labute approximate surface area is 202 Å². The number of allylic oxidation sites excluding steroid dienone is 5. The number of ether oxygens (including phenoxy) is 1. The van der Waals surface area contributed by atoms with E-state index in [9.17, 15) is 22.8 Å². The van der Waals surface area contributed by atoms with Crippen molar-refractivity contribution in [2.45, 2.75) is 39.3 Å². The van der Waals surface area contributed by atoms with Crippen molar-refractivity contribution >= 4 is 23.7 Å². The Balaban J connectivity index is 1.64. The van der Waals surface area contributed by atoms with Crippen molar-refractivity contribution in [1.82, 2.24) is 9.80 Å². The first kappa shape index (κ1) is 24.6.